The molecule has 0 spiro atoms. The second-order valence-corrected chi connectivity index (χ2v) is 8.79. The monoisotopic (exact) mass is 422 g/mol. The van der Waals surface area contributed by atoms with Crippen LogP contribution in [0.3, 0.4) is 0 Å². The summed E-state index contributed by atoms with van der Waals surface area (Å²) in [5.74, 6) is 1.28. The normalized spacial score (nSPS) is 13.4. The predicted molar refractivity (Wildman–Crippen MR) is 117 cm³/mol. The second-order valence-electron chi connectivity index (χ2n) is 7.11. The van der Waals surface area contributed by atoms with Gasteiger partial charge in [-0.2, -0.15) is 0 Å². The molecule has 0 atom stereocenters. The molecular weight excluding hydrogens is 400 g/mol. The Morgan fingerprint density at radius 1 is 0.967 bits per heavy atom. The molecule has 0 unspecified atom stereocenters. The summed E-state index contributed by atoms with van der Waals surface area (Å²) in [5.41, 5.74) is 2.10. The van der Waals surface area contributed by atoms with E-state index in [0.29, 0.717) is 23.7 Å². The Morgan fingerprint density at radius 2 is 1.67 bits per heavy atom. The molecule has 3 aromatic rings. The molecule has 0 radical (unpaired) electrons. The number of hydrogen-bond donors (Lipinski definition) is 1. The Bertz CT molecular complexity index is 1160. The first-order valence-electron chi connectivity index (χ1n) is 9.69. The van der Waals surface area contributed by atoms with Gasteiger partial charge in [0.25, 0.3) is 10.0 Å². The Kier molecular flexibility index (Phi) is 5.46. The lowest BCUT2D eigenvalue weighted by Gasteiger charge is -2.28. The molecule has 154 valence electrons. The number of sulfonamides is 1. The lowest BCUT2D eigenvalue weighted by atomic mass is 10.0. The molecule has 1 aliphatic rings. The Hall–Kier alpha value is -3.32. The number of nitrogens with one attached hydrogen (secondary N) is 1. The summed E-state index contributed by atoms with van der Waals surface area (Å²) in [6.07, 6.45) is 1.56. The van der Waals surface area contributed by atoms with Crippen molar-refractivity contribution in [1.29, 1.82) is 0 Å². The van der Waals surface area contributed by atoms with E-state index in [-0.39, 0.29) is 10.8 Å². The van der Waals surface area contributed by atoms with Crippen molar-refractivity contribution < 1.29 is 17.9 Å². The van der Waals surface area contributed by atoms with Crippen LogP contribution in [0.4, 0.5) is 11.4 Å². The van der Waals surface area contributed by atoms with E-state index in [9.17, 15) is 13.2 Å². The Morgan fingerprint density at radius 3 is 2.37 bits per heavy atom. The topological polar surface area (TPSA) is 75.7 Å². The molecule has 1 heterocycles. The predicted octanol–water partition coefficient (Wildman–Crippen LogP) is 4.58. The molecular formula is C23H22N2O4S. The molecule has 1 amide bonds. The summed E-state index contributed by atoms with van der Waals surface area (Å²) in [6.45, 7) is 2.18. The minimum absolute atomic E-state index is 0.0394. The number of aryl methyl sites for hydroxylation is 1. The van der Waals surface area contributed by atoms with Crippen molar-refractivity contribution >= 4 is 27.3 Å². The zero-order valence-electron chi connectivity index (χ0n) is 16.5. The number of benzene rings is 3. The van der Waals surface area contributed by atoms with Crippen LogP contribution in [-0.4, -0.2) is 20.9 Å². The summed E-state index contributed by atoms with van der Waals surface area (Å²) < 4.78 is 34.0. The maximum atomic E-state index is 12.9. The van der Waals surface area contributed by atoms with E-state index in [4.69, 9.17) is 4.74 Å². The molecule has 6 nitrogen and oxygen atoms in total. The van der Waals surface area contributed by atoms with Gasteiger partial charge in [0.2, 0.25) is 5.91 Å². The summed E-state index contributed by atoms with van der Waals surface area (Å²) in [6, 6.07) is 21.0. The minimum Gasteiger partial charge on any atom is -0.457 e. The molecule has 0 aliphatic carbocycles. The molecule has 4 rings (SSSR count). The first kappa shape index (κ1) is 20.0. The summed E-state index contributed by atoms with van der Waals surface area (Å²) >= 11 is 0. The number of anilines is 2. The van der Waals surface area contributed by atoms with Crippen molar-refractivity contribution in [3.63, 3.8) is 0 Å². The van der Waals surface area contributed by atoms with Crippen molar-refractivity contribution in [2.24, 2.45) is 0 Å². The van der Waals surface area contributed by atoms with Gasteiger partial charge in [0.15, 0.2) is 0 Å². The van der Waals surface area contributed by atoms with E-state index >= 15 is 0 Å². The third kappa shape index (κ3) is 4.31. The van der Waals surface area contributed by atoms with Gasteiger partial charge in [-0.15, -0.1) is 0 Å². The van der Waals surface area contributed by atoms with E-state index in [1.54, 1.807) is 41.3 Å². The van der Waals surface area contributed by atoms with E-state index in [2.05, 4.69) is 4.72 Å². The van der Waals surface area contributed by atoms with Gasteiger partial charge in [-0.3, -0.25) is 9.52 Å². The van der Waals surface area contributed by atoms with Gasteiger partial charge in [-0.25, -0.2) is 8.42 Å². The van der Waals surface area contributed by atoms with Crippen LogP contribution in [0, 0.1) is 0 Å². The van der Waals surface area contributed by atoms with Crippen LogP contribution < -0.4 is 14.4 Å². The third-order valence-corrected chi connectivity index (χ3v) is 6.32. The zero-order chi connectivity index (χ0) is 21.1. The van der Waals surface area contributed by atoms with Crippen molar-refractivity contribution in [3.8, 4) is 11.5 Å². The largest absolute Gasteiger partial charge is 0.457 e. The van der Waals surface area contributed by atoms with Gasteiger partial charge < -0.3 is 9.64 Å². The zero-order valence-corrected chi connectivity index (χ0v) is 17.4. The average Bonchev–Trinajstić information content (AvgIpc) is 2.75. The fraction of sp³-hybridized carbons (Fsp3) is 0.174. The molecule has 0 saturated heterocycles. The molecule has 1 N–H and O–H groups in total. The highest BCUT2D eigenvalue weighted by molar-refractivity contribution is 7.92. The summed E-state index contributed by atoms with van der Waals surface area (Å²) in [5, 5.41) is 0. The van der Waals surface area contributed by atoms with Crippen molar-refractivity contribution in [2.45, 2.75) is 24.7 Å². The van der Waals surface area contributed by atoms with Crippen LogP contribution >= 0.6 is 0 Å². The second kappa shape index (κ2) is 8.20. The van der Waals surface area contributed by atoms with Gasteiger partial charge in [0.05, 0.1) is 4.90 Å². The van der Waals surface area contributed by atoms with Gasteiger partial charge in [-0.1, -0.05) is 18.2 Å². The first-order valence-corrected chi connectivity index (χ1v) is 11.2. The van der Waals surface area contributed by atoms with Gasteiger partial charge in [-0.05, 0) is 73.0 Å². The van der Waals surface area contributed by atoms with E-state index in [1.807, 2.05) is 30.3 Å². The maximum Gasteiger partial charge on any atom is 0.261 e. The fourth-order valence-electron chi connectivity index (χ4n) is 3.50. The van der Waals surface area contributed by atoms with Crippen molar-refractivity contribution in [1.82, 2.24) is 0 Å². The van der Waals surface area contributed by atoms with Gasteiger partial charge in [0.1, 0.15) is 11.5 Å². The number of fused-ring (bicyclic) bond motifs is 1. The molecule has 0 aromatic heterocycles. The van der Waals surface area contributed by atoms with Gasteiger partial charge >= 0.3 is 0 Å². The lowest BCUT2D eigenvalue weighted by molar-refractivity contribution is -0.116. The fourth-order valence-corrected chi connectivity index (χ4v) is 4.61. The first-order chi connectivity index (χ1) is 14.4. The van der Waals surface area contributed by atoms with E-state index < -0.39 is 10.0 Å². The van der Waals surface area contributed by atoms with Crippen LogP contribution in [0.1, 0.15) is 18.9 Å². The van der Waals surface area contributed by atoms with Gasteiger partial charge in [0, 0.05) is 24.8 Å². The number of rotatable bonds is 5. The Labute approximate surface area is 176 Å². The molecule has 7 heteroatoms. The number of amides is 1. The highest BCUT2D eigenvalue weighted by Gasteiger charge is 2.23. The summed E-state index contributed by atoms with van der Waals surface area (Å²) in [4.78, 5) is 13.7. The number of carbonyl (C=O) groups excluding carboxylic acids is 1. The Balaban J connectivity index is 1.51. The maximum absolute atomic E-state index is 12.9. The molecule has 0 saturated carbocycles. The van der Waals surface area contributed by atoms with Crippen LogP contribution in [0.2, 0.25) is 0 Å². The molecule has 0 bridgehead atoms. The summed E-state index contributed by atoms with van der Waals surface area (Å²) in [7, 11) is -3.75. The van der Waals surface area contributed by atoms with Crippen LogP contribution in [0.15, 0.2) is 77.7 Å². The van der Waals surface area contributed by atoms with Crippen LogP contribution in [-0.2, 0) is 21.2 Å². The third-order valence-electron chi connectivity index (χ3n) is 4.95. The standard InChI is InChI=1S/C23H22N2O4S/c1-17(26)25-15-5-6-18-16-22(13-14-23(18)25)30(27,28)24-19-9-11-21(12-10-19)29-20-7-3-2-4-8-20/h2-4,7-14,16,24H,5-6,15H2,1H3. The van der Waals surface area contributed by atoms with E-state index in [0.717, 1.165) is 24.1 Å². The smallest absolute Gasteiger partial charge is 0.261 e. The van der Waals surface area contributed by atoms with Crippen molar-refractivity contribution in [2.75, 3.05) is 16.2 Å². The van der Waals surface area contributed by atoms with Crippen LogP contribution in [0.25, 0.3) is 0 Å². The number of ether oxygens (including phenoxy) is 1. The SMILES string of the molecule is CC(=O)N1CCCc2cc(S(=O)(=O)Nc3ccc(Oc4ccccc4)cc3)ccc21. The number of para-hydroxylation sites is 1. The molecule has 3 aromatic carbocycles. The van der Waals surface area contributed by atoms with E-state index in [1.165, 1.54) is 13.0 Å². The lowest BCUT2D eigenvalue weighted by Crippen LogP contribution is -2.33. The highest BCUT2D eigenvalue weighted by atomic mass is 32.2. The number of carbonyl (C=O) groups is 1. The van der Waals surface area contributed by atoms with Crippen LogP contribution in [0.5, 0.6) is 11.5 Å². The molecule has 1 aliphatic heterocycles. The average molecular weight is 423 g/mol. The van der Waals surface area contributed by atoms with Crippen molar-refractivity contribution in [3.05, 3.63) is 78.4 Å². The minimum atomic E-state index is -3.75. The number of hydrogen-bond acceptors (Lipinski definition) is 4. The highest BCUT2D eigenvalue weighted by Crippen LogP contribution is 2.30. The molecule has 30 heavy (non-hydrogen) atoms. The quantitative estimate of drug-likeness (QED) is 0.653. The number of nitrogens with zero attached hydrogens (tertiary/aromatic N) is 1. The molecule has 0 fully saturated rings.